The highest BCUT2D eigenvalue weighted by molar-refractivity contribution is 6.31. The van der Waals surface area contributed by atoms with E-state index in [1.807, 2.05) is 13.0 Å². The van der Waals surface area contributed by atoms with Crippen LogP contribution >= 0.6 is 11.6 Å². The third-order valence-corrected chi connectivity index (χ3v) is 2.86. The average Bonchev–Trinajstić information content (AvgIpc) is 2.21. The smallest absolute Gasteiger partial charge is 0.0672 e. The summed E-state index contributed by atoms with van der Waals surface area (Å²) in [7, 11) is 0. The summed E-state index contributed by atoms with van der Waals surface area (Å²) in [5.41, 5.74) is 0.214. The molecule has 1 aromatic rings. The Morgan fingerprint density at radius 2 is 2.31 bits per heavy atom. The second kappa shape index (κ2) is 6.18. The highest BCUT2D eigenvalue weighted by Gasteiger charge is 2.21. The second-order valence-corrected chi connectivity index (χ2v) is 4.65. The van der Waals surface area contributed by atoms with Crippen LogP contribution in [-0.4, -0.2) is 28.8 Å². The predicted octanol–water partition coefficient (Wildman–Crippen LogP) is 2.03. The SMILES string of the molecule is CCNCCC(C)(O)Cc1ccncc1Cl. The minimum absolute atomic E-state index is 0.555. The maximum Gasteiger partial charge on any atom is 0.0672 e. The second-order valence-electron chi connectivity index (χ2n) is 4.24. The van der Waals surface area contributed by atoms with Gasteiger partial charge in [-0.15, -0.1) is 0 Å². The maximum absolute atomic E-state index is 10.2. The molecule has 0 aliphatic carbocycles. The van der Waals surface area contributed by atoms with Gasteiger partial charge in [-0.25, -0.2) is 0 Å². The summed E-state index contributed by atoms with van der Waals surface area (Å²) in [6.45, 7) is 5.62. The first kappa shape index (κ1) is 13.4. The maximum atomic E-state index is 10.2. The number of nitrogens with one attached hydrogen (secondary N) is 1. The van der Waals surface area contributed by atoms with Crippen LogP contribution in [0.15, 0.2) is 18.5 Å². The number of rotatable bonds is 6. The highest BCUT2D eigenvalue weighted by atomic mass is 35.5. The predicted molar refractivity (Wildman–Crippen MR) is 66.7 cm³/mol. The first-order valence-electron chi connectivity index (χ1n) is 5.56. The van der Waals surface area contributed by atoms with Crippen molar-refractivity contribution in [3.8, 4) is 0 Å². The third kappa shape index (κ3) is 4.47. The summed E-state index contributed by atoms with van der Waals surface area (Å²) in [6.07, 6.45) is 4.57. The summed E-state index contributed by atoms with van der Waals surface area (Å²) in [5.74, 6) is 0. The van der Waals surface area contributed by atoms with Crippen LogP contribution < -0.4 is 5.32 Å². The van der Waals surface area contributed by atoms with Gasteiger partial charge in [-0.05, 0) is 38.1 Å². The molecule has 0 bridgehead atoms. The van der Waals surface area contributed by atoms with Gasteiger partial charge in [0, 0.05) is 18.8 Å². The summed E-state index contributed by atoms with van der Waals surface area (Å²) in [4.78, 5) is 3.92. The van der Waals surface area contributed by atoms with Gasteiger partial charge in [0.1, 0.15) is 0 Å². The Labute approximate surface area is 102 Å². The van der Waals surface area contributed by atoms with E-state index in [1.165, 1.54) is 0 Å². The van der Waals surface area contributed by atoms with Crippen LogP contribution in [-0.2, 0) is 6.42 Å². The molecule has 2 N–H and O–H groups in total. The zero-order valence-corrected chi connectivity index (χ0v) is 10.6. The number of aromatic nitrogens is 1. The molecular weight excluding hydrogens is 224 g/mol. The van der Waals surface area contributed by atoms with Crippen LogP contribution in [0.25, 0.3) is 0 Å². The van der Waals surface area contributed by atoms with Crippen molar-refractivity contribution in [3.63, 3.8) is 0 Å². The molecule has 1 atom stereocenters. The summed E-state index contributed by atoms with van der Waals surface area (Å²) >= 11 is 6.00. The molecular formula is C12H19ClN2O. The first-order valence-corrected chi connectivity index (χ1v) is 5.94. The van der Waals surface area contributed by atoms with Gasteiger partial charge in [-0.2, -0.15) is 0 Å². The van der Waals surface area contributed by atoms with E-state index in [4.69, 9.17) is 11.6 Å². The van der Waals surface area contributed by atoms with Gasteiger partial charge in [-0.3, -0.25) is 4.98 Å². The largest absolute Gasteiger partial charge is 0.390 e. The molecule has 3 nitrogen and oxygen atoms in total. The molecule has 0 aliphatic heterocycles. The lowest BCUT2D eigenvalue weighted by molar-refractivity contribution is 0.0517. The third-order valence-electron chi connectivity index (χ3n) is 2.52. The van der Waals surface area contributed by atoms with Crippen LogP contribution in [0.2, 0.25) is 5.02 Å². The van der Waals surface area contributed by atoms with Gasteiger partial charge in [0.25, 0.3) is 0 Å². The molecule has 1 rings (SSSR count). The molecule has 0 amide bonds. The van der Waals surface area contributed by atoms with Crippen molar-refractivity contribution in [1.82, 2.24) is 10.3 Å². The zero-order chi connectivity index (χ0) is 12.0. The van der Waals surface area contributed by atoms with E-state index in [2.05, 4.69) is 17.2 Å². The lowest BCUT2D eigenvalue weighted by atomic mass is 9.94. The first-order chi connectivity index (χ1) is 7.55. The Balaban J connectivity index is 2.55. The van der Waals surface area contributed by atoms with Gasteiger partial charge in [0.2, 0.25) is 0 Å². The summed E-state index contributed by atoms with van der Waals surface area (Å²) < 4.78 is 0. The quantitative estimate of drug-likeness (QED) is 0.751. The van der Waals surface area contributed by atoms with E-state index in [-0.39, 0.29) is 0 Å². The fourth-order valence-electron chi connectivity index (χ4n) is 1.58. The van der Waals surface area contributed by atoms with Gasteiger partial charge in [-0.1, -0.05) is 18.5 Å². The Morgan fingerprint density at radius 1 is 1.56 bits per heavy atom. The molecule has 0 fully saturated rings. The van der Waals surface area contributed by atoms with E-state index < -0.39 is 5.60 Å². The summed E-state index contributed by atoms with van der Waals surface area (Å²) in [5, 5.41) is 14.0. The molecule has 0 radical (unpaired) electrons. The molecule has 4 heteroatoms. The van der Waals surface area contributed by atoms with Crippen molar-refractivity contribution >= 4 is 11.6 Å². The van der Waals surface area contributed by atoms with E-state index in [1.54, 1.807) is 12.4 Å². The molecule has 0 aliphatic rings. The number of hydrogen-bond donors (Lipinski definition) is 2. The van der Waals surface area contributed by atoms with E-state index in [0.29, 0.717) is 17.9 Å². The van der Waals surface area contributed by atoms with E-state index in [0.717, 1.165) is 18.7 Å². The monoisotopic (exact) mass is 242 g/mol. The number of halogens is 1. The molecule has 0 spiro atoms. The number of aliphatic hydroxyl groups is 1. The lowest BCUT2D eigenvalue weighted by Gasteiger charge is -2.23. The van der Waals surface area contributed by atoms with Crippen molar-refractivity contribution in [3.05, 3.63) is 29.0 Å². The minimum Gasteiger partial charge on any atom is -0.390 e. The van der Waals surface area contributed by atoms with Crippen molar-refractivity contribution in [1.29, 1.82) is 0 Å². The standard InChI is InChI=1S/C12H19ClN2O/c1-3-14-7-5-12(2,16)8-10-4-6-15-9-11(10)13/h4,6,9,14,16H,3,5,7-8H2,1-2H3. The van der Waals surface area contributed by atoms with E-state index in [9.17, 15) is 5.11 Å². The van der Waals surface area contributed by atoms with Crippen molar-refractivity contribution in [2.75, 3.05) is 13.1 Å². The molecule has 0 saturated carbocycles. The van der Waals surface area contributed by atoms with Gasteiger partial charge in [0.15, 0.2) is 0 Å². The highest BCUT2D eigenvalue weighted by Crippen LogP contribution is 2.21. The molecule has 1 heterocycles. The van der Waals surface area contributed by atoms with Crippen molar-refractivity contribution in [2.45, 2.75) is 32.3 Å². The van der Waals surface area contributed by atoms with Crippen LogP contribution in [0.4, 0.5) is 0 Å². The minimum atomic E-state index is -0.729. The van der Waals surface area contributed by atoms with Crippen molar-refractivity contribution < 1.29 is 5.11 Å². The Morgan fingerprint density at radius 3 is 2.94 bits per heavy atom. The van der Waals surface area contributed by atoms with Crippen LogP contribution in [0.5, 0.6) is 0 Å². The van der Waals surface area contributed by atoms with Crippen LogP contribution in [0, 0.1) is 0 Å². The van der Waals surface area contributed by atoms with Crippen LogP contribution in [0.3, 0.4) is 0 Å². The zero-order valence-electron chi connectivity index (χ0n) is 9.83. The number of pyridine rings is 1. The van der Waals surface area contributed by atoms with Gasteiger partial charge in [0.05, 0.1) is 10.6 Å². The van der Waals surface area contributed by atoms with Crippen LogP contribution in [0.1, 0.15) is 25.8 Å². The van der Waals surface area contributed by atoms with Crippen molar-refractivity contribution in [2.24, 2.45) is 0 Å². The molecule has 0 aromatic carbocycles. The van der Waals surface area contributed by atoms with Gasteiger partial charge >= 0.3 is 0 Å². The summed E-state index contributed by atoms with van der Waals surface area (Å²) in [6, 6.07) is 1.85. The normalized spacial score (nSPS) is 14.8. The van der Waals surface area contributed by atoms with Gasteiger partial charge < -0.3 is 10.4 Å². The molecule has 1 unspecified atom stereocenters. The molecule has 1 aromatic heterocycles. The lowest BCUT2D eigenvalue weighted by Crippen LogP contribution is -2.32. The Bertz CT molecular complexity index is 329. The number of hydrogen-bond acceptors (Lipinski definition) is 3. The topological polar surface area (TPSA) is 45.1 Å². The Hall–Kier alpha value is -0.640. The van der Waals surface area contributed by atoms with E-state index >= 15 is 0 Å². The fraction of sp³-hybridized carbons (Fsp3) is 0.583. The number of nitrogens with zero attached hydrogens (tertiary/aromatic N) is 1. The molecule has 0 saturated heterocycles. The Kier molecular flexibility index (Phi) is 5.19. The molecule has 90 valence electrons. The molecule has 16 heavy (non-hydrogen) atoms. The average molecular weight is 243 g/mol. The fourth-order valence-corrected chi connectivity index (χ4v) is 1.77.